The molecule has 18 heavy (non-hydrogen) atoms. The van der Waals surface area contributed by atoms with Crippen LogP contribution in [0.25, 0.3) is 11.0 Å². The maximum atomic E-state index is 6.02. The van der Waals surface area contributed by atoms with Crippen LogP contribution in [0, 0.1) is 5.92 Å². The second-order valence-electron chi connectivity index (χ2n) is 5.00. The average molecular weight is 310 g/mol. The zero-order chi connectivity index (χ0) is 13.1. The molecular formula is C15H20BrNO. The number of nitrogens with one attached hydrogen (secondary N) is 1. The molecule has 2 rings (SSSR count). The van der Waals surface area contributed by atoms with E-state index in [1.54, 1.807) is 0 Å². The summed E-state index contributed by atoms with van der Waals surface area (Å²) in [4.78, 5) is 0. The van der Waals surface area contributed by atoms with Gasteiger partial charge >= 0.3 is 0 Å². The molecule has 0 amide bonds. The van der Waals surface area contributed by atoms with Gasteiger partial charge < -0.3 is 9.73 Å². The number of benzene rings is 1. The van der Waals surface area contributed by atoms with Gasteiger partial charge in [0.05, 0.1) is 11.0 Å². The fourth-order valence-corrected chi connectivity index (χ4v) is 2.65. The molecule has 0 aliphatic rings. The Labute approximate surface area is 117 Å². The van der Waals surface area contributed by atoms with Crippen molar-refractivity contribution in [2.45, 2.75) is 33.7 Å². The van der Waals surface area contributed by atoms with Crippen molar-refractivity contribution in [3.05, 3.63) is 34.0 Å². The van der Waals surface area contributed by atoms with Crippen LogP contribution in [0.4, 0.5) is 0 Å². The van der Waals surface area contributed by atoms with Crippen molar-refractivity contribution in [2.24, 2.45) is 5.92 Å². The molecule has 0 spiro atoms. The Balaban J connectivity index is 2.49. The van der Waals surface area contributed by atoms with Crippen molar-refractivity contribution < 1.29 is 4.42 Å². The van der Waals surface area contributed by atoms with E-state index in [2.05, 4.69) is 54.2 Å². The number of hydrogen-bond acceptors (Lipinski definition) is 2. The van der Waals surface area contributed by atoms with Crippen LogP contribution in [0.15, 0.2) is 27.1 Å². The Morgan fingerprint density at radius 3 is 2.78 bits per heavy atom. The summed E-state index contributed by atoms with van der Waals surface area (Å²) in [7, 11) is 0. The first kappa shape index (κ1) is 13.6. The quantitative estimate of drug-likeness (QED) is 0.879. The largest absolute Gasteiger partial charge is 0.458 e. The van der Waals surface area contributed by atoms with Gasteiger partial charge in [-0.05, 0) is 40.9 Å². The minimum absolute atomic E-state index is 0.630. The Bertz CT molecular complexity index is 531. The fourth-order valence-electron chi connectivity index (χ4n) is 2.20. The highest BCUT2D eigenvalue weighted by molar-refractivity contribution is 9.10. The molecule has 0 aliphatic heterocycles. The predicted octanol–water partition coefficient (Wildman–Crippen LogP) is 4.50. The summed E-state index contributed by atoms with van der Waals surface area (Å²) < 4.78 is 7.06. The van der Waals surface area contributed by atoms with Gasteiger partial charge in [-0.3, -0.25) is 0 Å². The van der Waals surface area contributed by atoms with E-state index in [9.17, 15) is 0 Å². The maximum absolute atomic E-state index is 6.02. The number of halogens is 1. The van der Waals surface area contributed by atoms with Gasteiger partial charge in [0, 0.05) is 10.9 Å². The molecule has 98 valence electrons. The summed E-state index contributed by atoms with van der Waals surface area (Å²) in [6.07, 6.45) is 1.06. The molecule has 0 saturated heterocycles. The molecule has 0 atom stereocenters. The van der Waals surface area contributed by atoms with E-state index in [0.717, 1.165) is 35.3 Å². The molecule has 0 fully saturated rings. The molecule has 1 aromatic carbocycles. The topological polar surface area (TPSA) is 25.2 Å². The minimum atomic E-state index is 0.630. The molecular weight excluding hydrogens is 290 g/mol. The van der Waals surface area contributed by atoms with Crippen LogP contribution in [-0.2, 0) is 13.0 Å². The molecule has 2 nitrogen and oxygen atoms in total. The zero-order valence-electron chi connectivity index (χ0n) is 11.2. The zero-order valence-corrected chi connectivity index (χ0v) is 12.8. The van der Waals surface area contributed by atoms with E-state index in [-0.39, 0.29) is 0 Å². The smallest absolute Gasteiger partial charge is 0.148 e. The molecule has 2 aromatic rings. The van der Waals surface area contributed by atoms with Crippen LogP contribution in [0.5, 0.6) is 0 Å². The third kappa shape index (κ3) is 2.78. The van der Waals surface area contributed by atoms with Gasteiger partial charge in [-0.25, -0.2) is 0 Å². The van der Waals surface area contributed by atoms with Crippen LogP contribution in [0.2, 0.25) is 0 Å². The monoisotopic (exact) mass is 309 g/mol. The Hall–Kier alpha value is -0.800. The van der Waals surface area contributed by atoms with E-state index in [1.807, 2.05) is 6.07 Å². The molecule has 1 heterocycles. The number of para-hydroxylation sites is 1. The fraction of sp³-hybridized carbons (Fsp3) is 0.467. The van der Waals surface area contributed by atoms with Gasteiger partial charge in [-0.15, -0.1) is 0 Å². The maximum Gasteiger partial charge on any atom is 0.148 e. The molecule has 3 heteroatoms. The minimum Gasteiger partial charge on any atom is -0.458 e. The molecule has 0 aliphatic carbocycles. The van der Waals surface area contributed by atoms with Gasteiger partial charge in [-0.2, -0.15) is 0 Å². The summed E-state index contributed by atoms with van der Waals surface area (Å²) in [6.45, 7) is 8.36. The molecule has 0 unspecified atom stereocenters. The van der Waals surface area contributed by atoms with Crippen molar-refractivity contribution in [1.29, 1.82) is 0 Å². The first-order valence-electron chi connectivity index (χ1n) is 6.53. The average Bonchev–Trinajstić information content (AvgIpc) is 2.66. The second kappa shape index (κ2) is 5.89. The van der Waals surface area contributed by atoms with Gasteiger partial charge in [0.25, 0.3) is 0 Å². The second-order valence-corrected chi connectivity index (χ2v) is 5.85. The Morgan fingerprint density at radius 2 is 2.11 bits per heavy atom. The van der Waals surface area contributed by atoms with Crippen molar-refractivity contribution in [2.75, 3.05) is 6.54 Å². The van der Waals surface area contributed by atoms with Gasteiger partial charge in [-0.1, -0.05) is 32.9 Å². The summed E-state index contributed by atoms with van der Waals surface area (Å²) in [5.41, 5.74) is 2.32. The van der Waals surface area contributed by atoms with Crippen LogP contribution in [0.1, 0.15) is 32.1 Å². The normalized spacial score (nSPS) is 11.6. The highest BCUT2D eigenvalue weighted by Gasteiger charge is 2.16. The standard InChI is InChI=1S/C15H20BrNO/c1-4-17-9-14-12(8-10(2)3)11-6-5-7-13(16)15(11)18-14/h5-7,10,17H,4,8-9H2,1-3H3. The SMILES string of the molecule is CCNCc1oc2c(Br)cccc2c1CC(C)C. The predicted molar refractivity (Wildman–Crippen MR) is 79.8 cm³/mol. The van der Waals surface area contributed by atoms with E-state index >= 15 is 0 Å². The van der Waals surface area contributed by atoms with E-state index in [1.165, 1.54) is 10.9 Å². The van der Waals surface area contributed by atoms with Crippen LogP contribution >= 0.6 is 15.9 Å². The number of furan rings is 1. The lowest BCUT2D eigenvalue weighted by Crippen LogP contribution is -2.12. The first-order chi connectivity index (χ1) is 8.63. The third-order valence-corrected chi connectivity index (χ3v) is 3.63. The van der Waals surface area contributed by atoms with Gasteiger partial charge in [0.1, 0.15) is 11.3 Å². The van der Waals surface area contributed by atoms with Crippen molar-refractivity contribution in [1.82, 2.24) is 5.32 Å². The Kier molecular flexibility index (Phi) is 4.46. The Morgan fingerprint density at radius 1 is 1.33 bits per heavy atom. The summed E-state index contributed by atoms with van der Waals surface area (Å²) in [5, 5.41) is 4.59. The van der Waals surface area contributed by atoms with Gasteiger partial charge in [0.2, 0.25) is 0 Å². The summed E-state index contributed by atoms with van der Waals surface area (Å²) >= 11 is 3.56. The lowest BCUT2D eigenvalue weighted by molar-refractivity contribution is 0.505. The van der Waals surface area contributed by atoms with Crippen molar-refractivity contribution in [3.63, 3.8) is 0 Å². The molecule has 0 bridgehead atoms. The third-order valence-electron chi connectivity index (χ3n) is 3.00. The summed E-state index contributed by atoms with van der Waals surface area (Å²) in [5.74, 6) is 1.71. The molecule has 1 N–H and O–H groups in total. The lowest BCUT2D eigenvalue weighted by atomic mass is 10.00. The first-order valence-corrected chi connectivity index (χ1v) is 7.32. The van der Waals surface area contributed by atoms with Crippen LogP contribution in [0.3, 0.4) is 0 Å². The molecule has 1 aromatic heterocycles. The lowest BCUT2D eigenvalue weighted by Gasteiger charge is -2.06. The number of fused-ring (bicyclic) bond motifs is 1. The molecule has 0 radical (unpaired) electrons. The van der Waals surface area contributed by atoms with E-state index in [0.29, 0.717) is 5.92 Å². The number of rotatable bonds is 5. The van der Waals surface area contributed by atoms with Gasteiger partial charge in [0.15, 0.2) is 0 Å². The van der Waals surface area contributed by atoms with E-state index < -0.39 is 0 Å². The van der Waals surface area contributed by atoms with Crippen molar-refractivity contribution >= 4 is 26.9 Å². The van der Waals surface area contributed by atoms with Crippen molar-refractivity contribution in [3.8, 4) is 0 Å². The molecule has 0 saturated carbocycles. The van der Waals surface area contributed by atoms with E-state index in [4.69, 9.17) is 4.42 Å². The highest BCUT2D eigenvalue weighted by atomic mass is 79.9. The highest BCUT2D eigenvalue weighted by Crippen LogP contribution is 2.32. The van der Waals surface area contributed by atoms with Crippen LogP contribution in [-0.4, -0.2) is 6.54 Å². The number of hydrogen-bond donors (Lipinski definition) is 1. The summed E-state index contributed by atoms with van der Waals surface area (Å²) in [6, 6.07) is 6.25. The van der Waals surface area contributed by atoms with Crippen LogP contribution < -0.4 is 5.32 Å².